The maximum absolute atomic E-state index is 11.2. The van der Waals surface area contributed by atoms with Crippen molar-refractivity contribution in [2.75, 3.05) is 18.1 Å². The molecule has 1 unspecified atom stereocenters. The molecule has 1 rings (SSSR count). The predicted octanol–water partition coefficient (Wildman–Crippen LogP) is -0.637. The van der Waals surface area contributed by atoms with E-state index in [0.29, 0.717) is 18.3 Å². The summed E-state index contributed by atoms with van der Waals surface area (Å²) in [4.78, 5) is 11.1. The van der Waals surface area contributed by atoms with Crippen molar-refractivity contribution in [1.82, 2.24) is 5.32 Å². The van der Waals surface area contributed by atoms with Crippen LogP contribution < -0.4 is 11.1 Å². The topological polar surface area (TPSA) is 72.2 Å². The minimum Gasteiger partial charge on any atom is -0.353 e. The van der Waals surface area contributed by atoms with Crippen LogP contribution in [0.4, 0.5) is 0 Å². The number of hydrogen-bond donors (Lipinski definition) is 2. The molecule has 0 aromatic heterocycles. The standard InChI is InChI=1S/C8H16N2O2S/c9-4-1-5-13(12)6-8(11)10-7-2-3-7/h7H,1-6,9H2,(H,10,11). The van der Waals surface area contributed by atoms with Crippen molar-refractivity contribution >= 4 is 16.7 Å². The average molecular weight is 204 g/mol. The van der Waals surface area contributed by atoms with Gasteiger partial charge in [-0.3, -0.25) is 9.00 Å². The number of hydrogen-bond acceptors (Lipinski definition) is 3. The minimum atomic E-state index is -1.03. The first-order valence-electron chi connectivity index (χ1n) is 4.57. The third-order valence-electron chi connectivity index (χ3n) is 1.81. The van der Waals surface area contributed by atoms with Gasteiger partial charge in [0.2, 0.25) is 5.91 Å². The molecule has 1 atom stereocenters. The molecule has 0 bridgehead atoms. The van der Waals surface area contributed by atoms with Crippen LogP contribution in [0.5, 0.6) is 0 Å². The van der Waals surface area contributed by atoms with Crippen molar-refractivity contribution < 1.29 is 9.00 Å². The molecule has 1 saturated carbocycles. The average Bonchev–Trinajstić information content (AvgIpc) is 2.84. The van der Waals surface area contributed by atoms with E-state index in [1.807, 2.05) is 0 Å². The third kappa shape index (κ3) is 5.00. The Morgan fingerprint density at radius 3 is 2.77 bits per heavy atom. The van der Waals surface area contributed by atoms with E-state index in [4.69, 9.17) is 5.73 Å². The summed E-state index contributed by atoms with van der Waals surface area (Å²) in [6.07, 6.45) is 2.87. The number of carbonyl (C=O) groups excluding carboxylic acids is 1. The second-order valence-corrected chi connectivity index (χ2v) is 4.85. The van der Waals surface area contributed by atoms with Crippen LogP contribution in [-0.4, -0.2) is 34.2 Å². The van der Waals surface area contributed by atoms with Crippen LogP contribution in [0.3, 0.4) is 0 Å². The zero-order valence-electron chi connectivity index (χ0n) is 7.62. The summed E-state index contributed by atoms with van der Waals surface area (Å²) in [5, 5.41) is 2.80. The van der Waals surface area contributed by atoms with Crippen molar-refractivity contribution in [2.24, 2.45) is 5.73 Å². The summed E-state index contributed by atoms with van der Waals surface area (Å²) in [7, 11) is -1.03. The highest BCUT2D eigenvalue weighted by Gasteiger charge is 2.23. The molecular formula is C8H16N2O2S. The van der Waals surface area contributed by atoms with Gasteiger partial charge in [0.05, 0.1) is 0 Å². The summed E-state index contributed by atoms with van der Waals surface area (Å²) in [6, 6.07) is 0.360. The summed E-state index contributed by atoms with van der Waals surface area (Å²) >= 11 is 0. The molecule has 1 aliphatic rings. The number of nitrogens with two attached hydrogens (primary N) is 1. The van der Waals surface area contributed by atoms with Crippen LogP contribution in [0.1, 0.15) is 19.3 Å². The highest BCUT2D eigenvalue weighted by atomic mass is 32.2. The van der Waals surface area contributed by atoms with Crippen molar-refractivity contribution in [3.8, 4) is 0 Å². The van der Waals surface area contributed by atoms with Crippen LogP contribution >= 0.6 is 0 Å². The van der Waals surface area contributed by atoms with Crippen LogP contribution in [0.15, 0.2) is 0 Å². The minimum absolute atomic E-state index is 0.0853. The zero-order chi connectivity index (χ0) is 9.68. The summed E-state index contributed by atoms with van der Waals surface area (Å²) in [5.74, 6) is 0.586. The van der Waals surface area contributed by atoms with Crippen LogP contribution in [-0.2, 0) is 15.6 Å². The van der Waals surface area contributed by atoms with Gasteiger partial charge in [0.25, 0.3) is 0 Å². The fourth-order valence-electron chi connectivity index (χ4n) is 0.960. The molecule has 0 radical (unpaired) electrons. The maximum atomic E-state index is 11.2. The first-order chi connectivity index (χ1) is 6.22. The van der Waals surface area contributed by atoms with Gasteiger partial charge in [-0.25, -0.2) is 0 Å². The Bertz CT molecular complexity index is 204. The van der Waals surface area contributed by atoms with Gasteiger partial charge in [-0.2, -0.15) is 0 Å². The van der Waals surface area contributed by atoms with E-state index in [2.05, 4.69) is 5.32 Å². The van der Waals surface area contributed by atoms with Crippen LogP contribution in [0.2, 0.25) is 0 Å². The molecule has 76 valence electrons. The lowest BCUT2D eigenvalue weighted by atomic mass is 10.5. The van der Waals surface area contributed by atoms with E-state index < -0.39 is 10.8 Å². The van der Waals surface area contributed by atoms with Crippen molar-refractivity contribution in [3.63, 3.8) is 0 Å². The first kappa shape index (κ1) is 10.7. The Labute approximate surface area is 80.7 Å². The smallest absolute Gasteiger partial charge is 0.232 e. The van der Waals surface area contributed by atoms with E-state index in [1.54, 1.807) is 0 Å². The van der Waals surface area contributed by atoms with Crippen LogP contribution in [0, 0.1) is 0 Å². The van der Waals surface area contributed by atoms with E-state index >= 15 is 0 Å². The molecule has 0 saturated heterocycles. The van der Waals surface area contributed by atoms with Gasteiger partial charge in [0.15, 0.2) is 0 Å². The van der Waals surface area contributed by atoms with Crippen LogP contribution in [0.25, 0.3) is 0 Å². The van der Waals surface area contributed by atoms with E-state index in [1.165, 1.54) is 0 Å². The molecule has 1 fully saturated rings. The fourth-order valence-corrected chi connectivity index (χ4v) is 1.97. The first-order valence-corrected chi connectivity index (χ1v) is 6.05. The Morgan fingerprint density at radius 2 is 2.23 bits per heavy atom. The quantitative estimate of drug-likeness (QED) is 0.604. The normalized spacial score (nSPS) is 18.2. The Balaban J connectivity index is 2.07. The summed E-state index contributed by atoms with van der Waals surface area (Å²) in [6.45, 7) is 0.538. The summed E-state index contributed by atoms with van der Waals surface area (Å²) < 4.78 is 11.2. The van der Waals surface area contributed by atoms with Gasteiger partial charge in [0, 0.05) is 22.6 Å². The SMILES string of the molecule is NCCCS(=O)CC(=O)NC1CC1. The lowest BCUT2D eigenvalue weighted by Gasteiger charge is -2.02. The highest BCUT2D eigenvalue weighted by Crippen LogP contribution is 2.18. The molecule has 13 heavy (non-hydrogen) atoms. The second kappa shape index (κ2) is 5.34. The predicted molar refractivity (Wildman–Crippen MR) is 52.7 cm³/mol. The molecule has 4 nitrogen and oxygen atoms in total. The lowest BCUT2D eigenvalue weighted by molar-refractivity contribution is -0.118. The Morgan fingerprint density at radius 1 is 1.54 bits per heavy atom. The number of rotatable bonds is 6. The van der Waals surface area contributed by atoms with Gasteiger partial charge in [0.1, 0.15) is 5.75 Å². The van der Waals surface area contributed by atoms with E-state index in [0.717, 1.165) is 19.3 Å². The Kier molecular flexibility index (Phi) is 4.38. The molecule has 0 spiro atoms. The van der Waals surface area contributed by atoms with Gasteiger partial charge in [-0.1, -0.05) is 0 Å². The number of carbonyl (C=O) groups is 1. The monoisotopic (exact) mass is 204 g/mol. The molecule has 3 N–H and O–H groups in total. The van der Waals surface area contributed by atoms with Crippen molar-refractivity contribution in [1.29, 1.82) is 0 Å². The molecule has 0 aromatic rings. The maximum Gasteiger partial charge on any atom is 0.232 e. The fraction of sp³-hybridized carbons (Fsp3) is 0.875. The third-order valence-corrected chi connectivity index (χ3v) is 3.14. The largest absolute Gasteiger partial charge is 0.353 e. The molecule has 0 aliphatic heterocycles. The lowest BCUT2D eigenvalue weighted by Crippen LogP contribution is -2.30. The number of nitrogens with one attached hydrogen (secondary N) is 1. The van der Waals surface area contributed by atoms with Crippen molar-refractivity contribution in [2.45, 2.75) is 25.3 Å². The van der Waals surface area contributed by atoms with Gasteiger partial charge < -0.3 is 11.1 Å². The summed E-state index contributed by atoms with van der Waals surface area (Å²) in [5.41, 5.74) is 5.26. The second-order valence-electron chi connectivity index (χ2n) is 3.27. The van der Waals surface area contributed by atoms with Crippen molar-refractivity contribution in [3.05, 3.63) is 0 Å². The number of amides is 1. The Hall–Kier alpha value is -0.420. The van der Waals surface area contributed by atoms with E-state index in [9.17, 15) is 9.00 Å². The molecule has 1 amide bonds. The van der Waals surface area contributed by atoms with Gasteiger partial charge in [-0.15, -0.1) is 0 Å². The highest BCUT2D eigenvalue weighted by molar-refractivity contribution is 7.85. The van der Waals surface area contributed by atoms with Gasteiger partial charge >= 0.3 is 0 Å². The molecule has 1 aliphatic carbocycles. The molecule has 0 heterocycles. The zero-order valence-corrected chi connectivity index (χ0v) is 8.44. The molecule has 5 heteroatoms. The molecular weight excluding hydrogens is 188 g/mol. The van der Waals surface area contributed by atoms with E-state index in [-0.39, 0.29) is 11.7 Å². The molecule has 0 aromatic carbocycles. The van der Waals surface area contributed by atoms with Gasteiger partial charge in [-0.05, 0) is 25.8 Å².